The normalized spacial score (nSPS) is 11.6. The van der Waals surface area contributed by atoms with Gasteiger partial charge in [0.2, 0.25) is 11.8 Å². The van der Waals surface area contributed by atoms with Crippen LogP contribution in [0.25, 0.3) is 0 Å². The minimum Gasteiger partial charge on any atom is -0.497 e. The molecule has 0 saturated carbocycles. The predicted molar refractivity (Wildman–Crippen MR) is 119 cm³/mol. The molecule has 2 aromatic rings. The maximum Gasteiger partial charge on any atom is 0.242 e. The van der Waals surface area contributed by atoms with Crippen LogP contribution in [0.3, 0.4) is 0 Å². The van der Waals surface area contributed by atoms with Crippen molar-refractivity contribution < 1.29 is 14.3 Å². The van der Waals surface area contributed by atoms with E-state index >= 15 is 0 Å². The largest absolute Gasteiger partial charge is 0.497 e. The molecule has 2 aromatic carbocycles. The molecule has 0 saturated heterocycles. The highest BCUT2D eigenvalue weighted by Crippen LogP contribution is 2.19. The van der Waals surface area contributed by atoms with Crippen LogP contribution in [0.15, 0.2) is 48.5 Å². The number of halogens is 1. The summed E-state index contributed by atoms with van der Waals surface area (Å²) in [5, 5.41) is 3.31. The summed E-state index contributed by atoms with van der Waals surface area (Å²) >= 11 is 7.50. The molecule has 0 aromatic heterocycles. The van der Waals surface area contributed by atoms with E-state index in [1.54, 1.807) is 31.2 Å². The van der Waals surface area contributed by atoms with E-state index in [0.717, 1.165) is 16.9 Å². The maximum atomic E-state index is 13.0. The number of likely N-dealkylation sites (N-methyl/N-ethyl adjacent to an activating group) is 1. The van der Waals surface area contributed by atoms with Gasteiger partial charge in [0.25, 0.3) is 0 Å². The second-order valence-corrected chi connectivity index (χ2v) is 7.95. The molecular weight excluding hydrogens is 408 g/mol. The standard InChI is InChI=1S/C22H27ClN2O3S/c1-4-20(22(27)24-2)25(13-16-5-9-18(23)10-6-16)21(26)15-29-14-17-7-11-19(28-3)12-8-17/h5-12,20H,4,13-15H2,1-3H3,(H,24,27)/t20-/m0/s1. The summed E-state index contributed by atoms with van der Waals surface area (Å²) in [5.41, 5.74) is 2.05. The fourth-order valence-electron chi connectivity index (χ4n) is 2.93. The smallest absolute Gasteiger partial charge is 0.242 e. The summed E-state index contributed by atoms with van der Waals surface area (Å²) in [6.07, 6.45) is 0.544. The van der Waals surface area contributed by atoms with Gasteiger partial charge in [0.05, 0.1) is 12.9 Å². The third-order valence-electron chi connectivity index (χ3n) is 4.55. The number of hydrogen-bond acceptors (Lipinski definition) is 4. The third kappa shape index (κ3) is 6.98. The third-order valence-corrected chi connectivity index (χ3v) is 5.79. The summed E-state index contributed by atoms with van der Waals surface area (Å²) < 4.78 is 5.17. The Labute approximate surface area is 181 Å². The Morgan fingerprint density at radius 3 is 2.28 bits per heavy atom. The van der Waals surface area contributed by atoms with E-state index in [2.05, 4.69) is 5.32 Å². The van der Waals surface area contributed by atoms with Crippen molar-refractivity contribution in [1.29, 1.82) is 0 Å². The number of nitrogens with one attached hydrogen (secondary N) is 1. The first kappa shape index (κ1) is 23.1. The molecule has 1 atom stereocenters. The molecular formula is C22H27ClN2O3S. The Balaban J connectivity index is 2.05. The van der Waals surface area contributed by atoms with Crippen molar-refractivity contribution in [2.24, 2.45) is 0 Å². The molecule has 2 rings (SSSR count). The molecule has 0 bridgehead atoms. The first-order chi connectivity index (χ1) is 14.0. The van der Waals surface area contributed by atoms with E-state index in [1.165, 1.54) is 11.8 Å². The molecule has 0 unspecified atom stereocenters. The van der Waals surface area contributed by atoms with E-state index < -0.39 is 6.04 Å². The van der Waals surface area contributed by atoms with E-state index in [0.29, 0.717) is 29.5 Å². The minimum absolute atomic E-state index is 0.0612. The molecule has 0 aliphatic carbocycles. The summed E-state index contributed by atoms with van der Waals surface area (Å²) in [4.78, 5) is 27.0. The van der Waals surface area contributed by atoms with Crippen molar-refractivity contribution in [3.05, 3.63) is 64.7 Å². The van der Waals surface area contributed by atoms with Gasteiger partial charge in [-0.25, -0.2) is 0 Å². The Bertz CT molecular complexity index is 797. The van der Waals surface area contributed by atoms with Gasteiger partial charge in [0.15, 0.2) is 0 Å². The lowest BCUT2D eigenvalue weighted by Crippen LogP contribution is -2.48. The van der Waals surface area contributed by atoms with Gasteiger partial charge in [-0.3, -0.25) is 9.59 Å². The van der Waals surface area contributed by atoms with Crippen LogP contribution < -0.4 is 10.1 Å². The number of methoxy groups -OCH3 is 1. The van der Waals surface area contributed by atoms with Crippen LogP contribution in [0, 0.1) is 0 Å². The second-order valence-electron chi connectivity index (χ2n) is 6.53. The Kier molecular flexibility index (Phi) is 9.35. The van der Waals surface area contributed by atoms with Gasteiger partial charge in [-0.15, -0.1) is 11.8 Å². The van der Waals surface area contributed by atoms with Gasteiger partial charge in [-0.2, -0.15) is 0 Å². The van der Waals surface area contributed by atoms with Crippen molar-refractivity contribution in [2.45, 2.75) is 31.7 Å². The van der Waals surface area contributed by atoms with E-state index in [1.807, 2.05) is 43.3 Å². The quantitative estimate of drug-likeness (QED) is 0.610. The average molecular weight is 435 g/mol. The molecule has 0 fully saturated rings. The van der Waals surface area contributed by atoms with Crippen molar-refractivity contribution in [3.63, 3.8) is 0 Å². The van der Waals surface area contributed by atoms with E-state index in [4.69, 9.17) is 16.3 Å². The molecule has 156 valence electrons. The number of benzene rings is 2. The van der Waals surface area contributed by atoms with Crippen molar-refractivity contribution in [3.8, 4) is 5.75 Å². The van der Waals surface area contributed by atoms with Gasteiger partial charge >= 0.3 is 0 Å². The summed E-state index contributed by atoms with van der Waals surface area (Å²) in [7, 11) is 3.22. The first-order valence-corrected chi connectivity index (χ1v) is 11.0. The SMILES string of the molecule is CC[C@@H](C(=O)NC)N(Cc1ccc(Cl)cc1)C(=O)CSCc1ccc(OC)cc1. The van der Waals surface area contributed by atoms with Gasteiger partial charge in [-0.1, -0.05) is 42.8 Å². The number of rotatable bonds is 10. The lowest BCUT2D eigenvalue weighted by atomic mass is 10.1. The average Bonchev–Trinajstić information content (AvgIpc) is 2.75. The lowest BCUT2D eigenvalue weighted by Gasteiger charge is -2.30. The first-order valence-electron chi connectivity index (χ1n) is 9.44. The van der Waals surface area contributed by atoms with Gasteiger partial charge < -0.3 is 15.0 Å². The molecule has 1 N–H and O–H groups in total. The number of hydrogen-bond donors (Lipinski definition) is 1. The molecule has 0 heterocycles. The topological polar surface area (TPSA) is 58.6 Å². The molecule has 0 aliphatic rings. The van der Waals surface area contributed by atoms with Crippen LogP contribution in [-0.4, -0.2) is 42.7 Å². The number of ether oxygens (including phenoxy) is 1. The van der Waals surface area contributed by atoms with Gasteiger partial charge in [-0.05, 0) is 41.8 Å². The van der Waals surface area contributed by atoms with Crippen LogP contribution >= 0.6 is 23.4 Å². The molecule has 29 heavy (non-hydrogen) atoms. The second kappa shape index (κ2) is 11.7. The Hall–Kier alpha value is -2.18. The summed E-state index contributed by atoms with van der Waals surface area (Å²) in [6.45, 7) is 2.28. The fraction of sp³-hybridized carbons (Fsp3) is 0.364. The zero-order chi connectivity index (χ0) is 21.2. The summed E-state index contributed by atoms with van der Waals surface area (Å²) in [5.74, 6) is 1.60. The lowest BCUT2D eigenvalue weighted by molar-refractivity contribution is -0.139. The number of nitrogens with zero attached hydrogens (tertiary/aromatic N) is 1. The Morgan fingerprint density at radius 1 is 1.10 bits per heavy atom. The van der Waals surface area contributed by atoms with Crippen molar-refractivity contribution >= 4 is 35.2 Å². The fourth-order valence-corrected chi connectivity index (χ4v) is 3.93. The molecule has 2 amide bonds. The van der Waals surface area contributed by atoms with Crippen LogP contribution in [0.5, 0.6) is 5.75 Å². The van der Waals surface area contributed by atoms with Crippen LogP contribution in [0.2, 0.25) is 5.02 Å². The highest BCUT2D eigenvalue weighted by molar-refractivity contribution is 7.99. The minimum atomic E-state index is -0.509. The molecule has 0 aliphatic heterocycles. The van der Waals surface area contributed by atoms with Crippen LogP contribution in [-0.2, 0) is 21.9 Å². The zero-order valence-electron chi connectivity index (χ0n) is 17.0. The number of carbonyl (C=O) groups is 2. The van der Waals surface area contributed by atoms with Gasteiger partial charge in [0.1, 0.15) is 11.8 Å². The molecule has 7 heteroatoms. The molecule has 0 radical (unpaired) electrons. The van der Waals surface area contributed by atoms with Crippen molar-refractivity contribution in [2.75, 3.05) is 19.9 Å². The van der Waals surface area contributed by atoms with E-state index in [9.17, 15) is 9.59 Å². The van der Waals surface area contributed by atoms with Crippen LogP contribution in [0.1, 0.15) is 24.5 Å². The maximum absolute atomic E-state index is 13.0. The Morgan fingerprint density at radius 2 is 1.72 bits per heavy atom. The summed E-state index contributed by atoms with van der Waals surface area (Å²) in [6, 6.07) is 14.6. The van der Waals surface area contributed by atoms with Gasteiger partial charge in [0, 0.05) is 24.4 Å². The number of carbonyl (C=O) groups excluding carboxylic acids is 2. The monoisotopic (exact) mass is 434 g/mol. The van der Waals surface area contributed by atoms with Crippen molar-refractivity contribution in [1.82, 2.24) is 10.2 Å². The molecule has 0 spiro atoms. The predicted octanol–water partition coefficient (Wildman–Crippen LogP) is 4.14. The molecule has 5 nitrogen and oxygen atoms in total. The van der Waals surface area contributed by atoms with E-state index in [-0.39, 0.29) is 11.8 Å². The highest BCUT2D eigenvalue weighted by Gasteiger charge is 2.27. The van der Waals surface area contributed by atoms with Crippen LogP contribution in [0.4, 0.5) is 0 Å². The number of amides is 2. The number of thioether (sulfide) groups is 1. The zero-order valence-corrected chi connectivity index (χ0v) is 18.6. The highest BCUT2D eigenvalue weighted by atomic mass is 35.5.